The number of H-pyrrole nitrogens is 1. The van der Waals surface area contributed by atoms with Crippen molar-refractivity contribution in [2.75, 3.05) is 0 Å². The fraction of sp³-hybridized carbons (Fsp3) is 0.167. The molecule has 7 heteroatoms. The molecule has 1 aromatic heterocycles. The van der Waals surface area contributed by atoms with E-state index in [0.717, 1.165) is 6.20 Å². The highest BCUT2D eigenvalue weighted by molar-refractivity contribution is 5.99. The van der Waals surface area contributed by atoms with E-state index in [9.17, 15) is 22.8 Å². The van der Waals surface area contributed by atoms with Crippen LogP contribution in [0.2, 0.25) is 0 Å². The highest BCUT2D eigenvalue weighted by Crippen LogP contribution is 2.18. The number of carbonyl (C=O) groups is 1. The lowest BCUT2D eigenvalue weighted by atomic mass is 10.2. The highest BCUT2D eigenvalue weighted by atomic mass is 19.4. The van der Waals surface area contributed by atoms with Crippen LogP contribution < -0.4 is 5.56 Å². The maximum atomic E-state index is 11.8. The standard InChI is InChI=1S/C6H3F3N2O2/c7-6(8,9)4(12)3-1-2-10-11-5(3)13/h1-2H,(H,11,13). The summed E-state index contributed by atoms with van der Waals surface area (Å²) in [5.41, 5.74) is -2.10. The van der Waals surface area contributed by atoms with Crippen LogP contribution in [0.15, 0.2) is 17.1 Å². The van der Waals surface area contributed by atoms with Gasteiger partial charge >= 0.3 is 6.18 Å². The van der Waals surface area contributed by atoms with Crippen molar-refractivity contribution in [2.24, 2.45) is 0 Å². The van der Waals surface area contributed by atoms with Gasteiger partial charge in [0.1, 0.15) is 0 Å². The summed E-state index contributed by atoms with van der Waals surface area (Å²) in [7, 11) is 0. The van der Waals surface area contributed by atoms with E-state index < -0.39 is 23.1 Å². The minimum atomic E-state index is -5.03. The van der Waals surface area contributed by atoms with Gasteiger partial charge in [0.25, 0.3) is 11.3 Å². The van der Waals surface area contributed by atoms with E-state index in [1.165, 1.54) is 0 Å². The molecule has 1 N–H and O–H groups in total. The summed E-state index contributed by atoms with van der Waals surface area (Å²) >= 11 is 0. The molecule has 0 saturated heterocycles. The molecule has 1 rings (SSSR count). The number of alkyl halides is 3. The van der Waals surface area contributed by atoms with Gasteiger partial charge in [0, 0.05) is 6.20 Å². The monoisotopic (exact) mass is 192 g/mol. The Morgan fingerprint density at radius 2 is 2.08 bits per heavy atom. The van der Waals surface area contributed by atoms with E-state index >= 15 is 0 Å². The topological polar surface area (TPSA) is 62.8 Å². The number of carbonyl (C=O) groups excluding carboxylic acids is 1. The Morgan fingerprint density at radius 1 is 1.46 bits per heavy atom. The molecule has 0 bridgehead atoms. The summed E-state index contributed by atoms with van der Waals surface area (Å²) < 4.78 is 35.4. The number of nitrogens with one attached hydrogen (secondary N) is 1. The van der Waals surface area contributed by atoms with Crippen LogP contribution in [-0.4, -0.2) is 22.2 Å². The lowest BCUT2D eigenvalue weighted by Crippen LogP contribution is -2.29. The van der Waals surface area contributed by atoms with Crippen LogP contribution in [0.4, 0.5) is 13.2 Å². The molecule has 0 unspecified atom stereocenters. The van der Waals surface area contributed by atoms with E-state index in [-0.39, 0.29) is 0 Å². The van der Waals surface area contributed by atoms with Gasteiger partial charge in [-0.15, -0.1) is 0 Å². The van der Waals surface area contributed by atoms with E-state index in [2.05, 4.69) is 5.10 Å². The maximum absolute atomic E-state index is 11.8. The summed E-state index contributed by atoms with van der Waals surface area (Å²) in [6.45, 7) is 0. The van der Waals surface area contributed by atoms with Crippen molar-refractivity contribution >= 4 is 5.78 Å². The van der Waals surface area contributed by atoms with E-state index in [1.807, 2.05) is 0 Å². The molecule has 1 heterocycles. The van der Waals surface area contributed by atoms with Gasteiger partial charge in [-0.05, 0) is 6.07 Å². The second-order valence-corrected chi connectivity index (χ2v) is 2.13. The Balaban J connectivity index is 3.18. The van der Waals surface area contributed by atoms with Gasteiger partial charge in [-0.25, -0.2) is 5.10 Å². The van der Waals surface area contributed by atoms with Gasteiger partial charge in [-0.2, -0.15) is 18.3 Å². The normalized spacial score (nSPS) is 11.3. The quantitative estimate of drug-likeness (QED) is 0.659. The number of hydrogen-bond donors (Lipinski definition) is 1. The smallest absolute Gasteiger partial charge is 0.284 e. The third-order valence-electron chi connectivity index (χ3n) is 1.23. The van der Waals surface area contributed by atoms with Gasteiger partial charge in [0.05, 0.1) is 5.56 Å². The number of nitrogens with zero attached hydrogens (tertiary/aromatic N) is 1. The van der Waals surface area contributed by atoms with Crippen LogP contribution in [0.5, 0.6) is 0 Å². The van der Waals surface area contributed by atoms with E-state index in [0.29, 0.717) is 6.07 Å². The van der Waals surface area contributed by atoms with Crippen molar-refractivity contribution < 1.29 is 18.0 Å². The molecule has 0 radical (unpaired) electrons. The molecular weight excluding hydrogens is 189 g/mol. The Labute approximate surface area is 69.4 Å². The first-order valence-electron chi connectivity index (χ1n) is 3.08. The third kappa shape index (κ3) is 1.92. The Morgan fingerprint density at radius 3 is 2.54 bits per heavy atom. The average Bonchev–Trinajstić information content (AvgIpc) is 2.02. The van der Waals surface area contributed by atoms with Crippen molar-refractivity contribution in [3.63, 3.8) is 0 Å². The molecule has 4 nitrogen and oxygen atoms in total. The molecule has 0 aliphatic heterocycles. The summed E-state index contributed by atoms with van der Waals surface area (Å²) in [5, 5.41) is 4.88. The first-order valence-corrected chi connectivity index (χ1v) is 3.08. The van der Waals surface area contributed by atoms with Crippen LogP contribution in [0.1, 0.15) is 10.4 Å². The number of aromatic amines is 1. The Hall–Kier alpha value is -1.66. The number of rotatable bonds is 1. The van der Waals surface area contributed by atoms with Crippen molar-refractivity contribution in [3.05, 3.63) is 28.2 Å². The van der Waals surface area contributed by atoms with E-state index in [4.69, 9.17) is 0 Å². The van der Waals surface area contributed by atoms with Crippen molar-refractivity contribution in [3.8, 4) is 0 Å². The van der Waals surface area contributed by atoms with Gasteiger partial charge < -0.3 is 0 Å². The number of Topliss-reactive ketones (excluding diaryl/α,β-unsaturated/α-hetero) is 1. The zero-order valence-electron chi connectivity index (χ0n) is 6.05. The van der Waals surface area contributed by atoms with E-state index in [1.54, 1.807) is 5.10 Å². The zero-order valence-corrected chi connectivity index (χ0v) is 6.05. The summed E-state index contributed by atoms with van der Waals surface area (Å²) in [4.78, 5) is 21.2. The van der Waals surface area contributed by atoms with Crippen molar-refractivity contribution in [1.29, 1.82) is 0 Å². The van der Waals surface area contributed by atoms with Gasteiger partial charge in [0.15, 0.2) is 0 Å². The fourth-order valence-electron chi connectivity index (χ4n) is 0.675. The molecule has 70 valence electrons. The summed E-state index contributed by atoms with van der Waals surface area (Å²) in [6, 6.07) is 0.717. The van der Waals surface area contributed by atoms with Crippen LogP contribution >= 0.6 is 0 Å². The first-order chi connectivity index (χ1) is 5.93. The second-order valence-electron chi connectivity index (χ2n) is 2.13. The second kappa shape index (κ2) is 3.00. The van der Waals surface area contributed by atoms with Crippen LogP contribution in [-0.2, 0) is 0 Å². The Bertz CT molecular complexity index is 382. The van der Waals surface area contributed by atoms with Gasteiger partial charge in [-0.1, -0.05) is 0 Å². The molecule has 0 fully saturated rings. The van der Waals surface area contributed by atoms with Crippen LogP contribution in [0, 0.1) is 0 Å². The Kier molecular flexibility index (Phi) is 2.18. The molecular formula is C6H3F3N2O2. The summed E-state index contributed by atoms with van der Waals surface area (Å²) in [5.74, 6) is -2.17. The molecule has 0 aliphatic rings. The first kappa shape index (κ1) is 9.43. The summed E-state index contributed by atoms with van der Waals surface area (Å²) in [6.07, 6.45) is -4.13. The molecule has 13 heavy (non-hydrogen) atoms. The predicted molar refractivity (Wildman–Crippen MR) is 35.2 cm³/mol. The lowest BCUT2D eigenvalue weighted by molar-refractivity contribution is -0.0886. The number of hydrogen-bond acceptors (Lipinski definition) is 3. The van der Waals surface area contributed by atoms with Crippen molar-refractivity contribution in [1.82, 2.24) is 10.2 Å². The molecule has 0 amide bonds. The third-order valence-corrected chi connectivity index (χ3v) is 1.23. The number of aromatic nitrogens is 2. The van der Waals surface area contributed by atoms with Crippen LogP contribution in [0.3, 0.4) is 0 Å². The zero-order chi connectivity index (χ0) is 10.1. The fourth-order valence-corrected chi connectivity index (χ4v) is 0.675. The minimum absolute atomic E-state index is 0.717. The average molecular weight is 192 g/mol. The van der Waals surface area contributed by atoms with Crippen molar-refractivity contribution in [2.45, 2.75) is 6.18 Å². The molecule has 0 atom stereocenters. The van der Waals surface area contributed by atoms with Crippen LogP contribution in [0.25, 0.3) is 0 Å². The predicted octanol–water partition coefficient (Wildman–Crippen LogP) is 0.515. The minimum Gasteiger partial charge on any atom is -0.284 e. The maximum Gasteiger partial charge on any atom is 0.455 e. The molecule has 0 aromatic carbocycles. The lowest BCUT2D eigenvalue weighted by Gasteiger charge is -2.02. The largest absolute Gasteiger partial charge is 0.455 e. The van der Waals surface area contributed by atoms with Gasteiger partial charge in [0.2, 0.25) is 0 Å². The number of halogens is 3. The number of ketones is 1. The molecule has 1 aromatic rings. The molecule has 0 saturated carbocycles. The molecule has 0 aliphatic carbocycles. The van der Waals surface area contributed by atoms with Gasteiger partial charge in [-0.3, -0.25) is 9.59 Å². The highest BCUT2D eigenvalue weighted by Gasteiger charge is 2.40. The molecule has 0 spiro atoms. The SMILES string of the molecule is O=C(c1ccn[nH]c1=O)C(F)(F)F.